The van der Waals surface area contributed by atoms with E-state index in [0.717, 1.165) is 23.6 Å². The zero-order valence-electron chi connectivity index (χ0n) is 10.6. The summed E-state index contributed by atoms with van der Waals surface area (Å²) in [5.41, 5.74) is 0. The number of hydrogen-bond donors (Lipinski definition) is 0. The zero-order chi connectivity index (χ0) is 13.4. The highest BCUT2D eigenvalue weighted by molar-refractivity contribution is 8.72. The molecule has 0 aliphatic carbocycles. The fraction of sp³-hybridized carbons (Fsp3) is 0.538. The molecule has 0 amide bonds. The summed E-state index contributed by atoms with van der Waals surface area (Å²) < 4.78 is 23.9. The largest absolute Gasteiger partial charge is 0.229 e. The van der Waals surface area contributed by atoms with Gasteiger partial charge in [-0.25, -0.2) is 8.42 Å². The van der Waals surface area contributed by atoms with Crippen LogP contribution in [0.3, 0.4) is 0 Å². The van der Waals surface area contributed by atoms with Crippen molar-refractivity contribution in [2.24, 2.45) is 0 Å². The lowest BCUT2D eigenvalue weighted by atomic mass is 10.2. The quantitative estimate of drug-likeness (QED) is 0.514. The van der Waals surface area contributed by atoms with Gasteiger partial charge in [-0.1, -0.05) is 44.2 Å². The third kappa shape index (κ3) is 5.63. The van der Waals surface area contributed by atoms with Gasteiger partial charge >= 0.3 is 0 Å². The average Bonchev–Trinajstić information content (AvgIpc) is 2.34. The Bertz CT molecular complexity index is 441. The van der Waals surface area contributed by atoms with Crippen molar-refractivity contribution in [3.8, 4) is 0 Å². The highest BCUT2D eigenvalue weighted by Crippen LogP contribution is 2.25. The van der Waals surface area contributed by atoms with Crippen molar-refractivity contribution in [3.05, 3.63) is 29.3 Å². The minimum Gasteiger partial charge on any atom is -0.212 e. The Labute approximate surface area is 118 Å². The van der Waals surface area contributed by atoms with Gasteiger partial charge in [-0.15, -0.1) is 0 Å². The molecule has 5 heteroatoms. The van der Waals surface area contributed by atoms with E-state index in [-0.39, 0.29) is 0 Å². The van der Waals surface area contributed by atoms with Crippen molar-refractivity contribution in [2.45, 2.75) is 43.9 Å². The second-order valence-corrected chi connectivity index (χ2v) is 8.63. The minimum absolute atomic E-state index is 0.338. The van der Waals surface area contributed by atoms with Gasteiger partial charge < -0.3 is 0 Å². The molecule has 0 heterocycles. The molecule has 18 heavy (non-hydrogen) atoms. The summed E-state index contributed by atoms with van der Waals surface area (Å²) in [7, 11) is -2.19. The molecular formula is C13H19ClO2S2. The van der Waals surface area contributed by atoms with Gasteiger partial charge in [-0.3, -0.25) is 0 Å². The molecular weight excluding hydrogens is 288 g/mol. The topological polar surface area (TPSA) is 34.1 Å². The molecule has 1 rings (SSSR count). The lowest BCUT2D eigenvalue weighted by Gasteiger charge is -2.04. The Morgan fingerprint density at radius 2 is 1.67 bits per heavy atom. The standard InChI is InChI=1S/C13H19ClO2S2/c1-2-3-4-5-6-11-17-18(15,16)13-9-7-12(14)8-10-13/h7-10H,2-6,11H2,1H3. The van der Waals surface area contributed by atoms with Crippen LogP contribution in [0.5, 0.6) is 0 Å². The van der Waals surface area contributed by atoms with Gasteiger partial charge in [0.15, 0.2) is 0 Å². The normalized spacial score (nSPS) is 11.7. The molecule has 1 aromatic carbocycles. The molecule has 102 valence electrons. The van der Waals surface area contributed by atoms with E-state index in [1.165, 1.54) is 19.3 Å². The van der Waals surface area contributed by atoms with Crippen LogP contribution in [0.25, 0.3) is 0 Å². The van der Waals surface area contributed by atoms with Gasteiger partial charge in [-0.2, -0.15) is 0 Å². The van der Waals surface area contributed by atoms with Crippen molar-refractivity contribution in [1.82, 2.24) is 0 Å². The maximum absolute atomic E-state index is 12.0. The van der Waals surface area contributed by atoms with Crippen molar-refractivity contribution in [1.29, 1.82) is 0 Å². The van der Waals surface area contributed by atoms with Gasteiger partial charge in [0.1, 0.15) is 0 Å². The molecule has 1 aromatic rings. The Balaban J connectivity index is 2.38. The summed E-state index contributed by atoms with van der Waals surface area (Å²) in [6.45, 7) is 2.17. The fourth-order valence-corrected chi connectivity index (χ4v) is 4.57. The third-order valence-corrected chi connectivity index (χ3v) is 6.46. The third-order valence-electron chi connectivity index (χ3n) is 2.59. The first-order valence-electron chi connectivity index (χ1n) is 6.21. The summed E-state index contributed by atoms with van der Waals surface area (Å²) in [4.78, 5) is 0.338. The van der Waals surface area contributed by atoms with E-state index >= 15 is 0 Å². The zero-order valence-corrected chi connectivity index (χ0v) is 13.0. The first-order valence-corrected chi connectivity index (χ1v) is 9.57. The molecule has 0 N–H and O–H groups in total. The summed E-state index contributed by atoms with van der Waals surface area (Å²) in [5.74, 6) is 0.661. The predicted octanol–water partition coefficient (Wildman–Crippen LogP) is 4.73. The van der Waals surface area contributed by atoms with E-state index in [0.29, 0.717) is 15.7 Å². The summed E-state index contributed by atoms with van der Waals surface area (Å²) in [5, 5.41) is 0.554. The molecule has 2 nitrogen and oxygen atoms in total. The molecule has 0 saturated heterocycles. The predicted molar refractivity (Wildman–Crippen MR) is 79.9 cm³/mol. The Morgan fingerprint density at radius 1 is 1.06 bits per heavy atom. The average molecular weight is 307 g/mol. The number of rotatable bonds is 8. The fourth-order valence-electron chi connectivity index (χ4n) is 1.54. The maximum Gasteiger partial charge on any atom is 0.229 e. The van der Waals surface area contributed by atoms with E-state index in [9.17, 15) is 8.42 Å². The number of hydrogen-bond acceptors (Lipinski definition) is 3. The summed E-state index contributed by atoms with van der Waals surface area (Å²) in [6, 6.07) is 6.33. The SMILES string of the molecule is CCCCCCCSS(=O)(=O)c1ccc(Cl)cc1. The molecule has 0 unspecified atom stereocenters. The van der Waals surface area contributed by atoms with Crippen LogP contribution < -0.4 is 0 Å². The van der Waals surface area contributed by atoms with Gasteiger partial charge in [0.05, 0.1) is 4.90 Å². The van der Waals surface area contributed by atoms with Crippen molar-refractivity contribution in [3.63, 3.8) is 0 Å². The molecule has 0 atom stereocenters. The first kappa shape index (κ1) is 15.9. The molecule has 0 radical (unpaired) electrons. The van der Waals surface area contributed by atoms with Crippen molar-refractivity contribution < 1.29 is 8.42 Å². The van der Waals surface area contributed by atoms with E-state index in [2.05, 4.69) is 6.92 Å². The van der Waals surface area contributed by atoms with Crippen molar-refractivity contribution in [2.75, 3.05) is 5.75 Å². The van der Waals surface area contributed by atoms with Crippen molar-refractivity contribution >= 4 is 31.3 Å². The lowest BCUT2D eigenvalue weighted by Crippen LogP contribution is -1.96. The van der Waals surface area contributed by atoms with Gasteiger partial charge in [0.25, 0.3) is 0 Å². The maximum atomic E-state index is 12.0. The van der Waals surface area contributed by atoms with E-state index < -0.39 is 8.87 Å². The highest BCUT2D eigenvalue weighted by atomic mass is 35.5. The number of halogens is 1. The number of unbranched alkanes of at least 4 members (excludes halogenated alkanes) is 4. The van der Waals surface area contributed by atoms with E-state index in [1.54, 1.807) is 24.3 Å². The smallest absolute Gasteiger partial charge is 0.212 e. The Kier molecular flexibility index (Phi) is 7.12. The van der Waals surface area contributed by atoms with Crippen LogP contribution in [0.15, 0.2) is 29.2 Å². The molecule has 0 bridgehead atoms. The second-order valence-electron chi connectivity index (χ2n) is 4.14. The van der Waals surface area contributed by atoms with E-state index in [4.69, 9.17) is 11.6 Å². The van der Waals surface area contributed by atoms with Gasteiger partial charge in [0, 0.05) is 10.8 Å². The highest BCUT2D eigenvalue weighted by Gasteiger charge is 2.14. The van der Waals surface area contributed by atoms with Crippen LogP contribution in [0, 0.1) is 0 Å². The molecule has 0 spiro atoms. The summed E-state index contributed by atoms with van der Waals surface area (Å²) >= 11 is 5.74. The molecule has 0 saturated carbocycles. The lowest BCUT2D eigenvalue weighted by molar-refractivity contribution is 0.610. The van der Waals surface area contributed by atoms with Crippen LogP contribution in [-0.2, 0) is 8.87 Å². The second kappa shape index (κ2) is 8.08. The van der Waals surface area contributed by atoms with Crippen LogP contribution in [0.2, 0.25) is 5.02 Å². The molecule has 0 aliphatic heterocycles. The van der Waals surface area contributed by atoms with Crippen LogP contribution >= 0.6 is 22.4 Å². The molecule has 0 aromatic heterocycles. The van der Waals surface area contributed by atoms with E-state index in [1.807, 2.05) is 0 Å². The Hall–Kier alpha value is -0.190. The minimum atomic E-state index is -3.21. The Morgan fingerprint density at radius 3 is 2.28 bits per heavy atom. The van der Waals surface area contributed by atoms with Crippen LogP contribution in [0.1, 0.15) is 39.0 Å². The van der Waals surface area contributed by atoms with Gasteiger partial charge in [-0.05, 0) is 41.5 Å². The monoisotopic (exact) mass is 306 g/mol. The molecule has 0 aliphatic rings. The van der Waals surface area contributed by atoms with Crippen LogP contribution in [-0.4, -0.2) is 14.2 Å². The van der Waals surface area contributed by atoms with Crippen LogP contribution in [0.4, 0.5) is 0 Å². The van der Waals surface area contributed by atoms with Gasteiger partial charge in [0.2, 0.25) is 8.87 Å². The molecule has 0 fully saturated rings. The summed E-state index contributed by atoms with van der Waals surface area (Å²) in [6.07, 6.45) is 5.69. The number of benzene rings is 1. The first-order chi connectivity index (χ1) is 8.56.